The Hall–Kier alpha value is -2.73. The van der Waals surface area contributed by atoms with Crippen molar-refractivity contribution in [2.75, 3.05) is 0 Å². The molecule has 6 heteroatoms. The molecular weight excluding hydrogens is 325 g/mol. The van der Waals surface area contributed by atoms with E-state index in [2.05, 4.69) is 9.97 Å². The van der Waals surface area contributed by atoms with Gasteiger partial charge in [0, 0.05) is 16.5 Å². The zero-order valence-corrected chi connectivity index (χ0v) is 13.7. The van der Waals surface area contributed by atoms with Crippen molar-refractivity contribution in [2.45, 2.75) is 13.3 Å². The average molecular weight is 339 g/mol. The molecule has 0 atom stereocenters. The Morgan fingerprint density at radius 2 is 1.96 bits per heavy atom. The van der Waals surface area contributed by atoms with E-state index >= 15 is 0 Å². The predicted molar refractivity (Wildman–Crippen MR) is 94.8 cm³/mol. The number of fused-ring (bicyclic) bond motifs is 1. The Bertz CT molecular complexity index is 1090. The number of rotatable bonds is 3. The van der Waals surface area contributed by atoms with Crippen LogP contribution in [-0.2, 0) is 6.42 Å². The number of benzene rings is 2. The predicted octanol–water partition coefficient (Wildman–Crippen LogP) is 4.35. The molecule has 4 nitrogen and oxygen atoms in total. The quantitative estimate of drug-likeness (QED) is 0.583. The van der Waals surface area contributed by atoms with Crippen LogP contribution in [0.25, 0.3) is 32.9 Å². The van der Waals surface area contributed by atoms with Crippen LogP contribution in [0.4, 0.5) is 4.39 Å². The molecular formula is C18H14FN3OS. The number of thiazole rings is 1. The summed E-state index contributed by atoms with van der Waals surface area (Å²) in [5.41, 5.74) is 4.98. The Labute approximate surface area is 141 Å². The first-order valence-electron chi connectivity index (χ1n) is 7.61. The number of nitrogens with zero attached hydrogens (tertiary/aromatic N) is 1. The molecule has 0 amide bonds. The number of aromatic amines is 2. The molecule has 4 aromatic rings. The van der Waals surface area contributed by atoms with E-state index in [9.17, 15) is 9.18 Å². The SMILES string of the molecule is CCc1cc(F)ccc1-c1nc(-c2ccc3[nH]c(=O)[nH]c3c2)cs1. The van der Waals surface area contributed by atoms with E-state index in [4.69, 9.17) is 4.98 Å². The third kappa shape index (κ3) is 2.55. The first kappa shape index (κ1) is 14.8. The third-order valence-electron chi connectivity index (χ3n) is 3.99. The lowest BCUT2D eigenvalue weighted by Crippen LogP contribution is -1.99. The van der Waals surface area contributed by atoms with Crippen LogP contribution in [0.3, 0.4) is 0 Å². The highest BCUT2D eigenvalue weighted by atomic mass is 32.1. The largest absolute Gasteiger partial charge is 0.323 e. The monoisotopic (exact) mass is 339 g/mol. The minimum atomic E-state index is -0.228. The molecule has 0 aliphatic heterocycles. The molecule has 0 bridgehead atoms. The zero-order chi connectivity index (χ0) is 16.7. The molecule has 0 saturated heterocycles. The van der Waals surface area contributed by atoms with Crippen LogP contribution in [-0.4, -0.2) is 15.0 Å². The summed E-state index contributed by atoms with van der Waals surface area (Å²) in [6.07, 6.45) is 0.749. The molecule has 120 valence electrons. The van der Waals surface area contributed by atoms with Gasteiger partial charge in [-0.15, -0.1) is 11.3 Å². The fourth-order valence-corrected chi connectivity index (χ4v) is 3.67. The molecule has 2 aromatic carbocycles. The van der Waals surface area contributed by atoms with E-state index in [1.165, 1.54) is 17.4 Å². The van der Waals surface area contributed by atoms with Crippen LogP contribution < -0.4 is 5.69 Å². The lowest BCUT2D eigenvalue weighted by Gasteiger charge is -2.04. The second-order valence-corrected chi connectivity index (χ2v) is 6.39. The van der Waals surface area contributed by atoms with Crippen molar-refractivity contribution in [1.29, 1.82) is 0 Å². The van der Waals surface area contributed by atoms with Gasteiger partial charge in [0.2, 0.25) is 0 Å². The van der Waals surface area contributed by atoms with Crippen LogP contribution in [0.1, 0.15) is 12.5 Å². The average Bonchev–Trinajstić information content (AvgIpc) is 3.19. The molecule has 0 aliphatic rings. The summed E-state index contributed by atoms with van der Waals surface area (Å²) in [6, 6.07) is 10.5. The summed E-state index contributed by atoms with van der Waals surface area (Å²) in [5, 5.41) is 2.84. The summed E-state index contributed by atoms with van der Waals surface area (Å²) in [7, 11) is 0. The van der Waals surface area contributed by atoms with Crippen molar-refractivity contribution >= 4 is 22.4 Å². The molecule has 2 N–H and O–H groups in total. The maximum Gasteiger partial charge on any atom is 0.323 e. The van der Waals surface area contributed by atoms with Crippen molar-refractivity contribution in [3.63, 3.8) is 0 Å². The molecule has 0 spiro atoms. The first-order valence-corrected chi connectivity index (χ1v) is 8.49. The van der Waals surface area contributed by atoms with Crippen LogP contribution in [0.5, 0.6) is 0 Å². The number of halogens is 1. The maximum atomic E-state index is 13.4. The van der Waals surface area contributed by atoms with Gasteiger partial charge in [-0.25, -0.2) is 14.2 Å². The molecule has 0 aliphatic carbocycles. The Balaban J connectivity index is 1.77. The van der Waals surface area contributed by atoms with Crippen molar-refractivity contribution in [3.8, 4) is 21.8 Å². The lowest BCUT2D eigenvalue weighted by atomic mass is 10.1. The highest BCUT2D eigenvalue weighted by molar-refractivity contribution is 7.13. The molecule has 2 heterocycles. The summed E-state index contributed by atoms with van der Waals surface area (Å²) in [6.45, 7) is 2.00. The van der Waals surface area contributed by atoms with Gasteiger partial charge in [0.15, 0.2) is 0 Å². The van der Waals surface area contributed by atoms with Gasteiger partial charge in [0.1, 0.15) is 10.8 Å². The van der Waals surface area contributed by atoms with Gasteiger partial charge in [0.05, 0.1) is 16.7 Å². The van der Waals surface area contributed by atoms with E-state index in [-0.39, 0.29) is 11.5 Å². The topological polar surface area (TPSA) is 61.5 Å². The Morgan fingerprint density at radius 3 is 2.79 bits per heavy atom. The number of imidazole rings is 1. The van der Waals surface area contributed by atoms with Gasteiger partial charge < -0.3 is 9.97 Å². The molecule has 2 aromatic heterocycles. The molecule has 0 unspecified atom stereocenters. The van der Waals surface area contributed by atoms with Crippen LogP contribution in [0.15, 0.2) is 46.6 Å². The van der Waals surface area contributed by atoms with Gasteiger partial charge in [-0.3, -0.25) is 0 Å². The molecule has 4 rings (SSSR count). The van der Waals surface area contributed by atoms with E-state index < -0.39 is 0 Å². The van der Waals surface area contributed by atoms with Crippen molar-refractivity contribution in [1.82, 2.24) is 15.0 Å². The molecule has 0 saturated carbocycles. The van der Waals surface area contributed by atoms with Crippen molar-refractivity contribution in [2.24, 2.45) is 0 Å². The Morgan fingerprint density at radius 1 is 1.12 bits per heavy atom. The van der Waals surface area contributed by atoms with Crippen molar-refractivity contribution in [3.05, 3.63) is 63.6 Å². The number of H-pyrrole nitrogens is 2. The summed E-state index contributed by atoms with van der Waals surface area (Å²) in [5.74, 6) is -0.228. The van der Waals surface area contributed by atoms with Gasteiger partial charge in [-0.2, -0.15) is 0 Å². The Kier molecular flexibility index (Phi) is 3.54. The van der Waals surface area contributed by atoms with E-state index in [1.807, 2.05) is 30.5 Å². The summed E-state index contributed by atoms with van der Waals surface area (Å²) >= 11 is 1.53. The molecule has 24 heavy (non-hydrogen) atoms. The van der Waals surface area contributed by atoms with E-state index in [0.29, 0.717) is 0 Å². The first-order chi connectivity index (χ1) is 11.6. The second kappa shape index (κ2) is 5.72. The zero-order valence-electron chi connectivity index (χ0n) is 12.9. The number of hydrogen-bond donors (Lipinski definition) is 2. The van der Waals surface area contributed by atoms with Gasteiger partial charge in [0.25, 0.3) is 0 Å². The van der Waals surface area contributed by atoms with Gasteiger partial charge in [-0.05, 0) is 42.3 Å². The normalized spacial score (nSPS) is 11.2. The number of nitrogens with one attached hydrogen (secondary N) is 2. The highest BCUT2D eigenvalue weighted by Crippen LogP contribution is 2.32. The fourth-order valence-electron chi connectivity index (χ4n) is 2.79. The van der Waals surface area contributed by atoms with Crippen LogP contribution >= 0.6 is 11.3 Å². The van der Waals surface area contributed by atoms with E-state index in [0.717, 1.165) is 44.8 Å². The second-order valence-electron chi connectivity index (χ2n) is 5.53. The fraction of sp³-hybridized carbons (Fsp3) is 0.111. The van der Waals surface area contributed by atoms with Crippen LogP contribution in [0.2, 0.25) is 0 Å². The van der Waals surface area contributed by atoms with E-state index in [1.54, 1.807) is 12.1 Å². The minimum Gasteiger partial charge on any atom is -0.306 e. The molecule has 0 radical (unpaired) electrons. The van der Waals surface area contributed by atoms with Crippen molar-refractivity contribution < 1.29 is 4.39 Å². The molecule has 0 fully saturated rings. The van der Waals surface area contributed by atoms with Crippen LogP contribution in [0, 0.1) is 5.82 Å². The maximum absolute atomic E-state index is 13.4. The van der Waals surface area contributed by atoms with Gasteiger partial charge in [-0.1, -0.05) is 13.0 Å². The summed E-state index contributed by atoms with van der Waals surface area (Å²) < 4.78 is 13.4. The number of aryl methyl sites for hydroxylation is 1. The number of hydrogen-bond acceptors (Lipinski definition) is 3. The van der Waals surface area contributed by atoms with Gasteiger partial charge >= 0.3 is 5.69 Å². The smallest absolute Gasteiger partial charge is 0.306 e. The number of aromatic nitrogens is 3. The minimum absolute atomic E-state index is 0.222. The highest BCUT2D eigenvalue weighted by Gasteiger charge is 2.11. The standard InChI is InChI=1S/C18H14FN3OS/c1-2-10-7-12(19)4-5-13(10)17-20-16(9-24-17)11-3-6-14-15(8-11)22-18(23)21-14/h3-9H,2H2,1H3,(H2,21,22,23). The lowest BCUT2D eigenvalue weighted by molar-refractivity contribution is 0.626. The third-order valence-corrected chi connectivity index (χ3v) is 4.87. The summed E-state index contributed by atoms with van der Waals surface area (Å²) in [4.78, 5) is 21.5.